The van der Waals surface area contributed by atoms with E-state index in [1.165, 1.54) is 24.5 Å². The maximum Gasteiger partial charge on any atom is 0.123 e. The van der Waals surface area contributed by atoms with Crippen LogP contribution < -0.4 is 0 Å². The molecule has 0 amide bonds. The molecule has 1 fully saturated rings. The van der Waals surface area contributed by atoms with Crippen molar-refractivity contribution in [1.82, 2.24) is 4.90 Å². The molecular weight excluding hydrogens is 273 g/mol. The summed E-state index contributed by atoms with van der Waals surface area (Å²) >= 11 is 0. The standard InChI is InChI=1S/C20H22FN/c1-22-13-19-17-8-3-2-6-15(17)9-10-18(19)20(22)12-14-5-4-7-16(21)11-14/h2-8,11,18-20H,9-10,12-13H2,1H3. The predicted molar refractivity (Wildman–Crippen MR) is 87.5 cm³/mol. The van der Waals surface area contributed by atoms with Crippen molar-refractivity contribution in [2.24, 2.45) is 5.92 Å². The summed E-state index contributed by atoms with van der Waals surface area (Å²) in [6.45, 7) is 1.13. The van der Waals surface area contributed by atoms with Crippen LogP contribution in [-0.2, 0) is 12.8 Å². The lowest BCUT2D eigenvalue weighted by molar-refractivity contribution is 0.259. The van der Waals surface area contributed by atoms with Gasteiger partial charge in [-0.05, 0) is 61.1 Å². The lowest BCUT2D eigenvalue weighted by Gasteiger charge is -2.31. The average Bonchev–Trinajstić information content (AvgIpc) is 2.84. The quantitative estimate of drug-likeness (QED) is 0.808. The van der Waals surface area contributed by atoms with Crippen LogP contribution in [-0.4, -0.2) is 24.5 Å². The molecule has 2 aliphatic rings. The van der Waals surface area contributed by atoms with Crippen LogP contribution in [0.1, 0.15) is 29.0 Å². The third kappa shape index (κ3) is 2.36. The molecule has 1 aliphatic heterocycles. The Balaban J connectivity index is 1.61. The summed E-state index contributed by atoms with van der Waals surface area (Å²) < 4.78 is 13.5. The Morgan fingerprint density at radius 2 is 2.00 bits per heavy atom. The second kappa shape index (κ2) is 5.51. The maximum absolute atomic E-state index is 13.5. The Morgan fingerprint density at radius 3 is 2.86 bits per heavy atom. The van der Waals surface area contributed by atoms with Gasteiger partial charge in [-0.25, -0.2) is 4.39 Å². The maximum atomic E-state index is 13.5. The summed E-state index contributed by atoms with van der Waals surface area (Å²) in [5, 5.41) is 0. The van der Waals surface area contributed by atoms with Crippen LogP contribution in [0.2, 0.25) is 0 Å². The number of nitrogens with zero attached hydrogens (tertiary/aromatic N) is 1. The zero-order valence-corrected chi connectivity index (χ0v) is 13.0. The monoisotopic (exact) mass is 295 g/mol. The van der Waals surface area contributed by atoms with Gasteiger partial charge >= 0.3 is 0 Å². The van der Waals surface area contributed by atoms with Crippen LogP contribution in [0.4, 0.5) is 4.39 Å². The van der Waals surface area contributed by atoms with Crippen LogP contribution in [0.15, 0.2) is 48.5 Å². The molecule has 2 aromatic rings. The number of halogens is 1. The Morgan fingerprint density at radius 1 is 1.14 bits per heavy atom. The number of benzene rings is 2. The molecule has 0 aromatic heterocycles. The van der Waals surface area contributed by atoms with Gasteiger partial charge in [-0.15, -0.1) is 0 Å². The fraction of sp³-hybridized carbons (Fsp3) is 0.400. The van der Waals surface area contributed by atoms with Gasteiger partial charge in [-0.1, -0.05) is 36.4 Å². The smallest absolute Gasteiger partial charge is 0.123 e. The van der Waals surface area contributed by atoms with Gasteiger partial charge in [-0.3, -0.25) is 0 Å². The molecule has 3 atom stereocenters. The molecule has 22 heavy (non-hydrogen) atoms. The van der Waals surface area contributed by atoms with Gasteiger partial charge in [0.2, 0.25) is 0 Å². The molecular formula is C20H22FN. The molecule has 1 heterocycles. The summed E-state index contributed by atoms with van der Waals surface area (Å²) in [7, 11) is 2.23. The number of aryl methyl sites for hydroxylation is 1. The summed E-state index contributed by atoms with van der Waals surface area (Å²) in [4.78, 5) is 2.49. The third-order valence-electron chi connectivity index (χ3n) is 5.60. The highest BCUT2D eigenvalue weighted by Gasteiger charge is 2.42. The molecule has 4 rings (SSSR count). The van der Waals surface area contributed by atoms with Gasteiger partial charge in [0.25, 0.3) is 0 Å². The van der Waals surface area contributed by atoms with Gasteiger partial charge in [0.15, 0.2) is 0 Å². The van der Waals surface area contributed by atoms with Gasteiger partial charge in [0.1, 0.15) is 5.82 Å². The van der Waals surface area contributed by atoms with Crippen molar-refractivity contribution in [3.05, 3.63) is 71.0 Å². The normalized spacial score (nSPS) is 27.5. The fourth-order valence-electron chi connectivity index (χ4n) is 4.56. The average molecular weight is 295 g/mol. The molecule has 2 aromatic carbocycles. The Bertz CT molecular complexity index is 681. The molecule has 0 bridgehead atoms. The van der Waals surface area contributed by atoms with Gasteiger partial charge in [-0.2, -0.15) is 0 Å². The molecule has 0 radical (unpaired) electrons. The summed E-state index contributed by atoms with van der Waals surface area (Å²) in [6.07, 6.45) is 3.40. The second-order valence-corrected chi connectivity index (χ2v) is 6.85. The van der Waals surface area contributed by atoms with E-state index in [1.54, 1.807) is 11.6 Å². The number of hydrogen-bond donors (Lipinski definition) is 0. The summed E-state index contributed by atoms with van der Waals surface area (Å²) in [6, 6.07) is 16.5. The minimum atomic E-state index is -0.122. The van der Waals surface area contributed by atoms with Crippen molar-refractivity contribution in [2.45, 2.75) is 31.2 Å². The molecule has 0 N–H and O–H groups in total. The fourth-order valence-corrected chi connectivity index (χ4v) is 4.56. The number of hydrogen-bond acceptors (Lipinski definition) is 1. The van der Waals surface area contributed by atoms with Gasteiger partial charge < -0.3 is 4.90 Å². The first-order valence-electron chi connectivity index (χ1n) is 8.25. The first-order valence-corrected chi connectivity index (χ1v) is 8.25. The highest BCUT2D eigenvalue weighted by molar-refractivity contribution is 5.35. The van der Waals surface area contributed by atoms with Crippen LogP contribution in [0, 0.1) is 11.7 Å². The topological polar surface area (TPSA) is 3.24 Å². The van der Waals surface area contributed by atoms with E-state index < -0.39 is 0 Å². The van der Waals surface area contributed by atoms with Crippen LogP contribution in [0.5, 0.6) is 0 Å². The molecule has 0 spiro atoms. The van der Waals surface area contributed by atoms with E-state index in [0.29, 0.717) is 17.9 Å². The van der Waals surface area contributed by atoms with E-state index >= 15 is 0 Å². The van der Waals surface area contributed by atoms with E-state index in [0.717, 1.165) is 18.5 Å². The SMILES string of the molecule is CN1CC2c3ccccc3CCC2C1Cc1cccc(F)c1. The summed E-state index contributed by atoms with van der Waals surface area (Å²) in [5.41, 5.74) is 4.20. The van der Waals surface area contributed by atoms with E-state index in [1.807, 2.05) is 6.07 Å². The van der Waals surface area contributed by atoms with Crippen molar-refractivity contribution in [1.29, 1.82) is 0 Å². The van der Waals surface area contributed by atoms with Crippen molar-refractivity contribution >= 4 is 0 Å². The Hall–Kier alpha value is -1.67. The van der Waals surface area contributed by atoms with E-state index in [2.05, 4.69) is 42.3 Å². The highest BCUT2D eigenvalue weighted by Crippen LogP contribution is 2.45. The molecule has 2 heteroatoms. The molecule has 1 saturated heterocycles. The van der Waals surface area contributed by atoms with Crippen LogP contribution >= 0.6 is 0 Å². The lowest BCUT2D eigenvalue weighted by Crippen LogP contribution is -2.32. The van der Waals surface area contributed by atoms with Gasteiger partial charge in [0, 0.05) is 18.5 Å². The van der Waals surface area contributed by atoms with Gasteiger partial charge in [0.05, 0.1) is 0 Å². The number of rotatable bonds is 2. The zero-order valence-electron chi connectivity index (χ0n) is 13.0. The Kier molecular flexibility index (Phi) is 3.50. The van der Waals surface area contributed by atoms with Crippen molar-refractivity contribution in [3.63, 3.8) is 0 Å². The van der Waals surface area contributed by atoms with Crippen molar-refractivity contribution < 1.29 is 4.39 Å². The first kappa shape index (κ1) is 14.0. The van der Waals surface area contributed by atoms with Crippen LogP contribution in [0.3, 0.4) is 0 Å². The predicted octanol–water partition coefficient (Wildman–Crippen LogP) is 4.03. The molecule has 0 saturated carbocycles. The molecule has 3 unspecified atom stereocenters. The van der Waals surface area contributed by atoms with E-state index in [9.17, 15) is 4.39 Å². The van der Waals surface area contributed by atoms with Crippen molar-refractivity contribution in [3.8, 4) is 0 Å². The first-order chi connectivity index (χ1) is 10.7. The Labute approximate surface area is 131 Å². The number of fused-ring (bicyclic) bond motifs is 3. The number of likely N-dealkylation sites (N-methyl/N-ethyl adjacent to an activating group) is 1. The minimum absolute atomic E-state index is 0.122. The molecule has 114 valence electrons. The van der Waals surface area contributed by atoms with E-state index in [4.69, 9.17) is 0 Å². The third-order valence-corrected chi connectivity index (χ3v) is 5.60. The highest BCUT2D eigenvalue weighted by atomic mass is 19.1. The second-order valence-electron chi connectivity index (χ2n) is 6.85. The number of likely N-dealkylation sites (tertiary alicyclic amines) is 1. The molecule has 1 aliphatic carbocycles. The van der Waals surface area contributed by atoms with Crippen molar-refractivity contribution in [2.75, 3.05) is 13.6 Å². The van der Waals surface area contributed by atoms with E-state index in [-0.39, 0.29) is 5.82 Å². The minimum Gasteiger partial charge on any atom is -0.302 e. The largest absolute Gasteiger partial charge is 0.302 e. The summed E-state index contributed by atoms with van der Waals surface area (Å²) in [5.74, 6) is 1.22. The lowest BCUT2D eigenvalue weighted by atomic mass is 9.74. The zero-order chi connectivity index (χ0) is 15.1. The van der Waals surface area contributed by atoms with Crippen LogP contribution in [0.25, 0.3) is 0 Å². The molecule has 1 nitrogen and oxygen atoms in total.